The largest absolute Gasteiger partial charge is 0.497 e. The number of nitrogens with one attached hydrogen (secondary N) is 1. The van der Waals surface area contributed by atoms with Gasteiger partial charge >= 0.3 is 17.8 Å². The van der Waals surface area contributed by atoms with E-state index in [1.54, 1.807) is 19.2 Å². The first kappa shape index (κ1) is 19.4. The molecule has 0 bridgehead atoms. The predicted octanol–water partition coefficient (Wildman–Crippen LogP) is 0.404. The standard InChI is InChI=1S/C17H22N4O5/c1-11(2)18-14(22)9-19(3)10-20-15(23)16(24)21(17(20)25)12-5-7-13(26-4)8-6-12/h5-8,11H,9-10H2,1-4H3,(H,18,22). The van der Waals surface area contributed by atoms with Crippen molar-refractivity contribution in [3.8, 4) is 5.75 Å². The van der Waals surface area contributed by atoms with Crippen LogP contribution < -0.4 is 15.0 Å². The lowest BCUT2D eigenvalue weighted by Crippen LogP contribution is -2.45. The third-order valence-corrected chi connectivity index (χ3v) is 3.63. The Labute approximate surface area is 151 Å². The summed E-state index contributed by atoms with van der Waals surface area (Å²) in [6.45, 7) is 3.49. The second-order valence-corrected chi connectivity index (χ2v) is 6.23. The fraction of sp³-hybridized carbons (Fsp3) is 0.412. The minimum Gasteiger partial charge on any atom is -0.497 e. The molecule has 9 nitrogen and oxygen atoms in total. The number of likely N-dealkylation sites (N-methyl/N-ethyl adjacent to an activating group) is 1. The fourth-order valence-electron chi connectivity index (χ4n) is 2.49. The number of ether oxygens (including phenoxy) is 1. The molecular weight excluding hydrogens is 340 g/mol. The van der Waals surface area contributed by atoms with Gasteiger partial charge in [0.15, 0.2) is 0 Å². The Morgan fingerprint density at radius 1 is 1.15 bits per heavy atom. The highest BCUT2D eigenvalue weighted by atomic mass is 16.5. The number of urea groups is 1. The number of hydrogen-bond donors (Lipinski definition) is 1. The highest BCUT2D eigenvalue weighted by Crippen LogP contribution is 2.24. The molecule has 0 saturated carbocycles. The molecule has 2 rings (SSSR count). The van der Waals surface area contributed by atoms with Gasteiger partial charge in [-0.2, -0.15) is 0 Å². The minimum atomic E-state index is -0.930. The molecule has 0 aromatic heterocycles. The van der Waals surface area contributed by atoms with E-state index in [0.29, 0.717) is 5.75 Å². The van der Waals surface area contributed by atoms with Crippen LogP contribution in [-0.4, -0.2) is 67.0 Å². The van der Waals surface area contributed by atoms with Gasteiger partial charge in [0.2, 0.25) is 5.91 Å². The number of amides is 5. The van der Waals surface area contributed by atoms with E-state index in [1.807, 2.05) is 13.8 Å². The summed E-state index contributed by atoms with van der Waals surface area (Å²) in [4.78, 5) is 51.8. The summed E-state index contributed by atoms with van der Waals surface area (Å²) in [5.41, 5.74) is 0.275. The number of carbonyl (C=O) groups excluding carboxylic acids is 4. The van der Waals surface area contributed by atoms with E-state index in [2.05, 4.69) is 5.32 Å². The van der Waals surface area contributed by atoms with Crippen molar-refractivity contribution in [3.05, 3.63) is 24.3 Å². The molecule has 1 aromatic rings. The lowest BCUT2D eigenvalue weighted by molar-refractivity contribution is -0.140. The zero-order valence-electron chi connectivity index (χ0n) is 15.2. The van der Waals surface area contributed by atoms with Crippen molar-refractivity contribution in [1.82, 2.24) is 15.1 Å². The van der Waals surface area contributed by atoms with Crippen LogP contribution in [0.15, 0.2) is 24.3 Å². The Morgan fingerprint density at radius 3 is 2.31 bits per heavy atom. The van der Waals surface area contributed by atoms with E-state index >= 15 is 0 Å². The average Bonchev–Trinajstić information content (AvgIpc) is 2.78. The molecule has 0 radical (unpaired) electrons. The first-order chi connectivity index (χ1) is 12.2. The number of nitrogens with zero attached hydrogens (tertiary/aromatic N) is 3. The Hall–Kier alpha value is -2.94. The second-order valence-electron chi connectivity index (χ2n) is 6.23. The molecule has 0 atom stereocenters. The van der Waals surface area contributed by atoms with Crippen molar-refractivity contribution in [1.29, 1.82) is 0 Å². The van der Waals surface area contributed by atoms with Crippen LogP contribution in [-0.2, 0) is 14.4 Å². The van der Waals surface area contributed by atoms with Crippen LogP contribution in [0.1, 0.15) is 13.8 Å². The number of carbonyl (C=O) groups is 4. The van der Waals surface area contributed by atoms with E-state index in [-0.39, 0.29) is 30.8 Å². The van der Waals surface area contributed by atoms with Crippen LogP contribution in [0, 0.1) is 0 Å². The smallest absolute Gasteiger partial charge is 0.340 e. The van der Waals surface area contributed by atoms with Crippen molar-refractivity contribution >= 4 is 29.4 Å². The molecule has 1 saturated heterocycles. The van der Waals surface area contributed by atoms with Crippen LogP contribution in [0.4, 0.5) is 10.5 Å². The Balaban J connectivity index is 2.08. The molecule has 26 heavy (non-hydrogen) atoms. The lowest BCUT2D eigenvalue weighted by atomic mass is 10.3. The monoisotopic (exact) mass is 362 g/mol. The molecule has 1 N–H and O–H groups in total. The third-order valence-electron chi connectivity index (χ3n) is 3.63. The summed E-state index contributed by atoms with van der Waals surface area (Å²) in [5, 5.41) is 2.72. The van der Waals surface area contributed by atoms with Gasteiger partial charge in [0.25, 0.3) is 0 Å². The zero-order valence-corrected chi connectivity index (χ0v) is 15.2. The highest BCUT2D eigenvalue weighted by Gasteiger charge is 2.45. The number of benzene rings is 1. The van der Waals surface area contributed by atoms with Gasteiger partial charge in [-0.15, -0.1) is 0 Å². The van der Waals surface area contributed by atoms with Crippen molar-refractivity contribution in [2.45, 2.75) is 19.9 Å². The maximum absolute atomic E-state index is 12.5. The molecule has 140 valence electrons. The highest BCUT2D eigenvalue weighted by molar-refractivity contribution is 6.52. The van der Waals surface area contributed by atoms with E-state index < -0.39 is 17.8 Å². The Kier molecular flexibility index (Phi) is 5.93. The molecule has 0 spiro atoms. The van der Waals surface area contributed by atoms with Crippen molar-refractivity contribution in [2.24, 2.45) is 0 Å². The number of rotatable bonds is 7. The molecule has 1 aliphatic heterocycles. The van der Waals surface area contributed by atoms with Crippen LogP contribution >= 0.6 is 0 Å². The van der Waals surface area contributed by atoms with Gasteiger partial charge in [0.1, 0.15) is 5.75 Å². The molecule has 1 heterocycles. The van der Waals surface area contributed by atoms with Crippen LogP contribution in [0.25, 0.3) is 0 Å². The quantitative estimate of drug-likeness (QED) is 0.557. The second kappa shape index (κ2) is 7.96. The fourth-order valence-corrected chi connectivity index (χ4v) is 2.49. The molecule has 9 heteroatoms. The summed E-state index contributed by atoms with van der Waals surface area (Å²) in [6.07, 6.45) is 0. The van der Waals surface area contributed by atoms with Gasteiger partial charge in [0.05, 0.1) is 26.0 Å². The van der Waals surface area contributed by atoms with Gasteiger partial charge in [0, 0.05) is 6.04 Å². The summed E-state index contributed by atoms with van der Waals surface area (Å²) in [6, 6.07) is 5.45. The Morgan fingerprint density at radius 2 is 1.77 bits per heavy atom. The van der Waals surface area contributed by atoms with Gasteiger partial charge in [-0.05, 0) is 45.2 Å². The van der Waals surface area contributed by atoms with Gasteiger partial charge < -0.3 is 10.1 Å². The molecule has 1 aliphatic rings. The minimum absolute atomic E-state index is 0.00797. The molecule has 1 aromatic carbocycles. The first-order valence-electron chi connectivity index (χ1n) is 8.06. The van der Waals surface area contributed by atoms with E-state index in [0.717, 1.165) is 9.80 Å². The topological polar surface area (TPSA) is 99.3 Å². The molecule has 0 aliphatic carbocycles. The molecule has 1 fully saturated rings. The first-order valence-corrected chi connectivity index (χ1v) is 8.06. The average molecular weight is 362 g/mol. The van der Waals surface area contributed by atoms with Gasteiger partial charge in [-0.3, -0.25) is 19.3 Å². The predicted molar refractivity (Wildman–Crippen MR) is 93.5 cm³/mol. The number of imide groups is 2. The van der Waals surface area contributed by atoms with Crippen molar-refractivity contribution in [3.63, 3.8) is 0 Å². The van der Waals surface area contributed by atoms with Crippen LogP contribution in [0.2, 0.25) is 0 Å². The number of methoxy groups -OCH3 is 1. The van der Waals surface area contributed by atoms with Crippen LogP contribution in [0.5, 0.6) is 5.75 Å². The zero-order chi connectivity index (χ0) is 19.4. The van der Waals surface area contributed by atoms with E-state index in [4.69, 9.17) is 4.74 Å². The Bertz CT molecular complexity index is 716. The van der Waals surface area contributed by atoms with Crippen LogP contribution in [0.3, 0.4) is 0 Å². The van der Waals surface area contributed by atoms with Crippen molar-refractivity contribution < 1.29 is 23.9 Å². The number of anilines is 1. The molecular formula is C17H22N4O5. The third kappa shape index (κ3) is 4.17. The maximum Gasteiger partial charge on any atom is 0.340 e. The van der Waals surface area contributed by atoms with Gasteiger partial charge in [-0.1, -0.05) is 0 Å². The number of hydrogen-bond acceptors (Lipinski definition) is 6. The maximum atomic E-state index is 12.5. The lowest BCUT2D eigenvalue weighted by Gasteiger charge is -2.22. The summed E-state index contributed by atoms with van der Waals surface area (Å²) < 4.78 is 5.03. The van der Waals surface area contributed by atoms with E-state index in [1.165, 1.54) is 24.1 Å². The summed E-state index contributed by atoms with van der Waals surface area (Å²) >= 11 is 0. The van der Waals surface area contributed by atoms with Gasteiger partial charge in [-0.25, -0.2) is 14.6 Å². The molecule has 0 unspecified atom stereocenters. The van der Waals surface area contributed by atoms with E-state index in [9.17, 15) is 19.2 Å². The SMILES string of the molecule is COc1ccc(N2C(=O)C(=O)N(CN(C)CC(=O)NC(C)C)C2=O)cc1. The summed E-state index contributed by atoms with van der Waals surface area (Å²) in [5.74, 6) is -1.53. The van der Waals surface area contributed by atoms with Crippen molar-refractivity contribution in [2.75, 3.05) is 32.3 Å². The normalized spacial score (nSPS) is 14.6. The summed E-state index contributed by atoms with van der Waals surface area (Å²) in [7, 11) is 3.08. The molecule has 5 amide bonds.